The van der Waals surface area contributed by atoms with E-state index in [-0.39, 0.29) is 0 Å². The molecule has 2 atom stereocenters. The molecule has 0 aromatic heterocycles. The molecule has 2 unspecified atom stereocenters. The number of hydrogen-bond donors (Lipinski definition) is 1. The van der Waals surface area contributed by atoms with Gasteiger partial charge in [-0.05, 0) is 19.9 Å². The molecule has 2 heteroatoms. The van der Waals surface area contributed by atoms with Crippen molar-refractivity contribution in [1.29, 1.82) is 0 Å². The molecule has 0 aliphatic carbocycles. The first-order valence-corrected chi connectivity index (χ1v) is 3.21. The van der Waals surface area contributed by atoms with Crippen molar-refractivity contribution in [2.75, 3.05) is 13.2 Å². The smallest absolute Gasteiger partial charge is 0.108 e. The minimum absolute atomic E-state index is 0.292. The molecule has 0 aromatic rings. The van der Waals surface area contributed by atoms with Crippen LogP contribution in [-0.2, 0) is 4.74 Å². The van der Waals surface area contributed by atoms with Gasteiger partial charge < -0.3 is 10.1 Å². The molecule has 2 aliphatic rings. The van der Waals surface area contributed by atoms with E-state index in [1.165, 1.54) is 6.42 Å². The lowest BCUT2D eigenvalue weighted by Gasteiger charge is -2.06. The van der Waals surface area contributed by atoms with Gasteiger partial charge in [0.2, 0.25) is 0 Å². The van der Waals surface area contributed by atoms with Crippen LogP contribution >= 0.6 is 0 Å². The second-order valence-electron chi connectivity index (χ2n) is 2.78. The number of nitrogens with one attached hydrogen (secondary N) is 1. The molecule has 1 N–H and O–H groups in total. The Morgan fingerprint density at radius 1 is 1.75 bits per heavy atom. The lowest BCUT2D eigenvalue weighted by molar-refractivity contribution is 0.287. The number of epoxide rings is 1. The Bertz CT molecular complexity index is 109. The fraction of sp³-hybridized carbons (Fsp3) is 1.00. The number of rotatable bonds is 0. The highest BCUT2D eigenvalue weighted by atomic mass is 16.6. The van der Waals surface area contributed by atoms with Crippen LogP contribution in [0.3, 0.4) is 0 Å². The van der Waals surface area contributed by atoms with Gasteiger partial charge in [0, 0.05) is 6.04 Å². The zero-order valence-corrected chi connectivity index (χ0v) is 5.11. The molecule has 2 aliphatic heterocycles. The van der Waals surface area contributed by atoms with Gasteiger partial charge in [-0.25, -0.2) is 0 Å². The molecule has 0 saturated carbocycles. The zero-order valence-electron chi connectivity index (χ0n) is 5.11. The fourth-order valence-corrected chi connectivity index (χ4v) is 1.39. The summed E-state index contributed by atoms with van der Waals surface area (Å²) in [5.41, 5.74) is 0.292. The Hall–Kier alpha value is -0.0800. The van der Waals surface area contributed by atoms with Crippen molar-refractivity contribution in [3.63, 3.8) is 0 Å². The number of hydrogen-bond acceptors (Lipinski definition) is 2. The van der Waals surface area contributed by atoms with E-state index in [1.54, 1.807) is 0 Å². The van der Waals surface area contributed by atoms with Crippen LogP contribution in [0.15, 0.2) is 0 Å². The molecule has 2 heterocycles. The molecule has 1 spiro atoms. The Balaban J connectivity index is 2.12. The highest BCUT2D eigenvalue weighted by Crippen LogP contribution is 2.37. The average Bonchev–Trinajstić information content (AvgIpc) is 2.39. The Labute approximate surface area is 49.2 Å². The van der Waals surface area contributed by atoms with Crippen molar-refractivity contribution in [2.24, 2.45) is 0 Å². The van der Waals surface area contributed by atoms with Gasteiger partial charge in [0.05, 0.1) is 6.61 Å². The molecule has 8 heavy (non-hydrogen) atoms. The minimum atomic E-state index is 0.292. The molecule has 0 bridgehead atoms. The van der Waals surface area contributed by atoms with E-state index in [0.717, 1.165) is 13.2 Å². The molecule has 2 nitrogen and oxygen atoms in total. The third-order valence-electron chi connectivity index (χ3n) is 2.30. The summed E-state index contributed by atoms with van der Waals surface area (Å²) in [7, 11) is 0. The standard InChI is InChI=1S/C6H11NO/c1-5-6(4-8-6)2-3-7-5/h5,7H,2-4H2,1H3. The van der Waals surface area contributed by atoms with Crippen LogP contribution in [0.2, 0.25) is 0 Å². The summed E-state index contributed by atoms with van der Waals surface area (Å²) in [5, 5.41) is 3.35. The van der Waals surface area contributed by atoms with Gasteiger partial charge in [-0.2, -0.15) is 0 Å². The molecule has 0 radical (unpaired) electrons. The Kier molecular flexibility index (Phi) is 0.746. The van der Waals surface area contributed by atoms with Crippen molar-refractivity contribution >= 4 is 0 Å². The van der Waals surface area contributed by atoms with Gasteiger partial charge >= 0.3 is 0 Å². The second-order valence-corrected chi connectivity index (χ2v) is 2.78. The van der Waals surface area contributed by atoms with Crippen molar-refractivity contribution in [3.8, 4) is 0 Å². The molecule has 2 rings (SSSR count). The van der Waals surface area contributed by atoms with Crippen molar-refractivity contribution in [3.05, 3.63) is 0 Å². The maximum Gasteiger partial charge on any atom is 0.108 e. The van der Waals surface area contributed by atoms with Crippen molar-refractivity contribution < 1.29 is 4.74 Å². The normalized spacial score (nSPS) is 52.9. The van der Waals surface area contributed by atoms with Crippen LogP contribution in [0.25, 0.3) is 0 Å². The minimum Gasteiger partial charge on any atom is -0.368 e. The summed E-state index contributed by atoms with van der Waals surface area (Å²) in [4.78, 5) is 0. The van der Waals surface area contributed by atoms with E-state index in [1.807, 2.05) is 0 Å². The molecule has 46 valence electrons. The molecular formula is C6H11NO. The fourth-order valence-electron chi connectivity index (χ4n) is 1.39. The third kappa shape index (κ3) is 0.446. The van der Waals surface area contributed by atoms with E-state index in [2.05, 4.69) is 12.2 Å². The molecule has 0 aromatic carbocycles. The summed E-state index contributed by atoms with van der Waals surface area (Å²) in [6.07, 6.45) is 1.22. The predicted molar refractivity (Wildman–Crippen MR) is 30.8 cm³/mol. The van der Waals surface area contributed by atoms with Crippen LogP contribution in [-0.4, -0.2) is 24.8 Å². The highest BCUT2D eigenvalue weighted by Gasteiger charge is 2.52. The number of ether oxygens (including phenoxy) is 1. The van der Waals surface area contributed by atoms with Gasteiger partial charge in [0.15, 0.2) is 0 Å². The summed E-state index contributed by atoms with van der Waals surface area (Å²) in [6, 6.07) is 0.600. The topological polar surface area (TPSA) is 24.6 Å². The lowest BCUT2D eigenvalue weighted by Crippen LogP contribution is -2.28. The maximum absolute atomic E-state index is 5.31. The first-order valence-electron chi connectivity index (χ1n) is 3.21. The third-order valence-corrected chi connectivity index (χ3v) is 2.30. The van der Waals surface area contributed by atoms with Gasteiger partial charge in [0.1, 0.15) is 5.60 Å². The SMILES string of the molecule is CC1NCCC12CO2. The average molecular weight is 113 g/mol. The summed E-state index contributed by atoms with van der Waals surface area (Å²) < 4.78 is 5.31. The summed E-state index contributed by atoms with van der Waals surface area (Å²) in [6.45, 7) is 4.32. The quantitative estimate of drug-likeness (QED) is 0.452. The molecule has 2 saturated heterocycles. The van der Waals surface area contributed by atoms with E-state index in [4.69, 9.17) is 4.74 Å². The zero-order chi connectivity index (χ0) is 5.61. The monoisotopic (exact) mass is 113 g/mol. The largest absolute Gasteiger partial charge is 0.368 e. The van der Waals surface area contributed by atoms with Crippen LogP contribution < -0.4 is 5.32 Å². The van der Waals surface area contributed by atoms with E-state index < -0.39 is 0 Å². The predicted octanol–water partition coefficient (Wildman–Crippen LogP) is 0.137. The molecule has 2 fully saturated rings. The van der Waals surface area contributed by atoms with Crippen LogP contribution in [0.4, 0.5) is 0 Å². The van der Waals surface area contributed by atoms with Crippen molar-refractivity contribution in [1.82, 2.24) is 5.32 Å². The summed E-state index contributed by atoms with van der Waals surface area (Å²) in [5.74, 6) is 0. The Morgan fingerprint density at radius 3 is 2.75 bits per heavy atom. The Morgan fingerprint density at radius 2 is 2.50 bits per heavy atom. The van der Waals surface area contributed by atoms with Crippen LogP contribution in [0.1, 0.15) is 13.3 Å². The first-order chi connectivity index (χ1) is 3.83. The van der Waals surface area contributed by atoms with Gasteiger partial charge in [-0.3, -0.25) is 0 Å². The van der Waals surface area contributed by atoms with E-state index in [0.29, 0.717) is 11.6 Å². The van der Waals surface area contributed by atoms with E-state index in [9.17, 15) is 0 Å². The maximum atomic E-state index is 5.31. The van der Waals surface area contributed by atoms with Crippen LogP contribution in [0.5, 0.6) is 0 Å². The summed E-state index contributed by atoms with van der Waals surface area (Å²) >= 11 is 0. The van der Waals surface area contributed by atoms with Gasteiger partial charge in [-0.15, -0.1) is 0 Å². The first kappa shape index (κ1) is 4.77. The second kappa shape index (κ2) is 1.25. The highest BCUT2D eigenvalue weighted by molar-refractivity contribution is 5.05. The van der Waals surface area contributed by atoms with Crippen molar-refractivity contribution in [2.45, 2.75) is 25.0 Å². The van der Waals surface area contributed by atoms with Gasteiger partial charge in [0.25, 0.3) is 0 Å². The molecular weight excluding hydrogens is 102 g/mol. The lowest BCUT2D eigenvalue weighted by atomic mass is 10.0. The van der Waals surface area contributed by atoms with E-state index >= 15 is 0 Å². The van der Waals surface area contributed by atoms with Crippen LogP contribution in [0, 0.1) is 0 Å². The van der Waals surface area contributed by atoms with Gasteiger partial charge in [-0.1, -0.05) is 0 Å². The molecule has 0 amide bonds.